The lowest BCUT2D eigenvalue weighted by Gasteiger charge is -2.43. The summed E-state index contributed by atoms with van der Waals surface area (Å²) in [6.07, 6.45) is 1.10. The largest absolute Gasteiger partial charge is 0.315 e. The molecule has 0 atom stereocenters. The smallest absolute Gasteiger partial charge is 0.0243 e. The van der Waals surface area contributed by atoms with Crippen LogP contribution in [0.5, 0.6) is 0 Å². The summed E-state index contributed by atoms with van der Waals surface area (Å²) in [5, 5.41) is 3.43. The van der Waals surface area contributed by atoms with E-state index in [1.807, 2.05) is 0 Å². The molecule has 0 unspecified atom stereocenters. The first kappa shape index (κ1) is 13.6. The molecule has 0 amide bonds. The van der Waals surface area contributed by atoms with Crippen molar-refractivity contribution >= 4 is 38.5 Å². The number of nitrogens with one attached hydrogen (secondary N) is 1. The average molecular weight is 428 g/mol. The van der Waals surface area contributed by atoms with Gasteiger partial charge >= 0.3 is 0 Å². The van der Waals surface area contributed by atoms with E-state index in [1.54, 1.807) is 0 Å². The second-order valence-electron chi connectivity index (χ2n) is 5.20. The highest BCUT2D eigenvalue weighted by Crippen LogP contribution is 2.33. The Labute approximate surface area is 136 Å². The molecule has 19 heavy (non-hydrogen) atoms. The Balaban J connectivity index is 1.89. The monoisotopic (exact) mass is 427 g/mol. The Morgan fingerprint density at radius 3 is 2.42 bits per heavy atom. The van der Waals surface area contributed by atoms with Crippen LogP contribution in [-0.4, -0.2) is 13.1 Å². The van der Waals surface area contributed by atoms with Crippen molar-refractivity contribution in [2.45, 2.75) is 11.8 Å². The highest BCUT2D eigenvalue weighted by Gasteiger charge is 2.38. The van der Waals surface area contributed by atoms with Crippen LogP contribution in [0.25, 0.3) is 0 Å². The molecule has 1 heterocycles. The highest BCUT2D eigenvalue weighted by molar-refractivity contribution is 14.1. The first-order valence-corrected chi connectivity index (χ1v) is 8.26. The first-order valence-electron chi connectivity index (χ1n) is 6.39. The summed E-state index contributed by atoms with van der Waals surface area (Å²) in [6.45, 7) is 2.13. The molecule has 98 valence electrons. The fraction of sp³-hybridized carbons (Fsp3) is 0.250. The zero-order valence-electron chi connectivity index (χ0n) is 10.5. The number of halogens is 2. The lowest BCUT2D eigenvalue weighted by Crippen LogP contribution is -2.58. The van der Waals surface area contributed by atoms with Crippen LogP contribution in [-0.2, 0) is 11.8 Å². The van der Waals surface area contributed by atoms with Gasteiger partial charge in [-0.1, -0.05) is 40.2 Å². The minimum absolute atomic E-state index is 0.260. The summed E-state index contributed by atoms with van der Waals surface area (Å²) < 4.78 is 2.46. The third-order valence-electron chi connectivity index (χ3n) is 3.82. The van der Waals surface area contributed by atoms with Gasteiger partial charge in [0, 0.05) is 26.5 Å². The van der Waals surface area contributed by atoms with Crippen molar-refractivity contribution in [2.75, 3.05) is 13.1 Å². The van der Waals surface area contributed by atoms with Crippen LogP contribution in [0.3, 0.4) is 0 Å². The standard InChI is InChI=1S/C16H15BrIN/c17-14-3-1-2-13(8-14)16(10-19-11-16)9-12-4-6-15(18)7-5-12/h1-8,19H,9-11H2. The molecule has 2 aromatic rings. The van der Waals surface area contributed by atoms with Gasteiger partial charge in [-0.25, -0.2) is 0 Å². The quantitative estimate of drug-likeness (QED) is 0.726. The zero-order chi connectivity index (χ0) is 13.3. The van der Waals surface area contributed by atoms with Gasteiger partial charge in [-0.05, 0) is 64.4 Å². The maximum Gasteiger partial charge on any atom is 0.0243 e. The lowest BCUT2D eigenvalue weighted by atomic mass is 9.71. The molecule has 3 rings (SSSR count). The summed E-state index contributed by atoms with van der Waals surface area (Å²) in [6, 6.07) is 17.6. The molecule has 0 aromatic heterocycles. The van der Waals surface area contributed by atoms with Gasteiger partial charge in [0.1, 0.15) is 0 Å². The lowest BCUT2D eigenvalue weighted by molar-refractivity contribution is 0.274. The van der Waals surface area contributed by atoms with Crippen LogP contribution >= 0.6 is 38.5 Å². The van der Waals surface area contributed by atoms with Gasteiger partial charge in [0.05, 0.1) is 0 Å². The van der Waals surface area contributed by atoms with Crippen molar-refractivity contribution in [3.63, 3.8) is 0 Å². The van der Waals surface area contributed by atoms with Crippen molar-refractivity contribution in [3.05, 3.63) is 67.7 Å². The Morgan fingerprint density at radius 2 is 1.84 bits per heavy atom. The van der Waals surface area contributed by atoms with E-state index in [0.29, 0.717) is 0 Å². The van der Waals surface area contributed by atoms with Crippen LogP contribution in [0, 0.1) is 3.57 Å². The molecular weight excluding hydrogens is 413 g/mol. The molecule has 0 saturated carbocycles. The minimum atomic E-state index is 0.260. The second-order valence-corrected chi connectivity index (χ2v) is 7.36. The Bertz CT molecular complexity index is 576. The summed E-state index contributed by atoms with van der Waals surface area (Å²) in [4.78, 5) is 0. The topological polar surface area (TPSA) is 12.0 Å². The molecule has 0 bridgehead atoms. The molecule has 1 saturated heterocycles. The molecule has 1 aliphatic rings. The number of hydrogen-bond donors (Lipinski definition) is 1. The molecular formula is C16H15BrIN. The van der Waals surface area contributed by atoms with E-state index in [4.69, 9.17) is 0 Å². The third kappa shape index (κ3) is 2.88. The van der Waals surface area contributed by atoms with Gasteiger partial charge in [-0.15, -0.1) is 0 Å². The number of rotatable bonds is 3. The summed E-state index contributed by atoms with van der Waals surface area (Å²) in [7, 11) is 0. The normalized spacial score (nSPS) is 16.9. The van der Waals surface area contributed by atoms with E-state index in [9.17, 15) is 0 Å². The molecule has 0 spiro atoms. The summed E-state index contributed by atoms with van der Waals surface area (Å²) in [5.74, 6) is 0. The molecule has 1 N–H and O–H groups in total. The van der Waals surface area contributed by atoms with Gasteiger partial charge in [0.25, 0.3) is 0 Å². The highest BCUT2D eigenvalue weighted by atomic mass is 127. The SMILES string of the molecule is Brc1cccc(C2(Cc3ccc(I)cc3)CNC2)c1. The number of benzene rings is 2. The molecule has 0 aliphatic carbocycles. The van der Waals surface area contributed by atoms with E-state index in [1.165, 1.54) is 19.2 Å². The van der Waals surface area contributed by atoms with Crippen LogP contribution in [0.4, 0.5) is 0 Å². The molecule has 1 aliphatic heterocycles. The van der Waals surface area contributed by atoms with Crippen LogP contribution in [0.15, 0.2) is 53.0 Å². The van der Waals surface area contributed by atoms with Gasteiger partial charge in [-0.2, -0.15) is 0 Å². The van der Waals surface area contributed by atoms with Gasteiger partial charge in [0.15, 0.2) is 0 Å². The van der Waals surface area contributed by atoms with E-state index in [0.717, 1.165) is 19.5 Å². The van der Waals surface area contributed by atoms with Crippen LogP contribution in [0.1, 0.15) is 11.1 Å². The Kier molecular flexibility index (Phi) is 3.96. The van der Waals surface area contributed by atoms with Gasteiger partial charge in [-0.3, -0.25) is 0 Å². The predicted molar refractivity (Wildman–Crippen MR) is 91.6 cm³/mol. The van der Waals surface area contributed by atoms with Gasteiger partial charge in [0.2, 0.25) is 0 Å². The summed E-state index contributed by atoms with van der Waals surface area (Å²) in [5.41, 5.74) is 3.11. The van der Waals surface area contributed by atoms with E-state index in [-0.39, 0.29) is 5.41 Å². The van der Waals surface area contributed by atoms with Gasteiger partial charge < -0.3 is 5.32 Å². The zero-order valence-corrected chi connectivity index (χ0v) is 14.2. The van der Waals surface area contributed by atoms with E-state index in [2.05, 4.69) is 92.4 Å². The van der Waals surface area contributed by atoms with E-state index >= 15 is 0 Å². The second kappa shape index (κ2) is 5.54. The maximum atomic E-state index is 3.58. The van der Waals surface area contributed by atoms with Crippen molar-refractivity contribution in [1.29, 1.82) is 0 Å². The average Bonchev–Trinajstić information content (AvgIpc) is 2.36. The first-order chi connectivity index (χ1) is 9.18. The molecule has 1 nitrogen and oxygen atoms in total. The van der Waals surface area contributed by atoms with Crippen LogP contribution in [0.2, 0.25) is 0 Å². The van der Waals surface area contributed by atoms with Crippen LogP contribution < -0.4 is 5.32 Å². The number of hydrogen-bond acceptors (Lipinski definition) is 1. The van der Waals surface area contributed by atoms with Crippen molar-refractivity contribution in [3.8, 4) is 0 Å². The van der Waals surface area contributed by atoms with Crippen molar-refractivity contribution < 1.29 is 0 Å². The maximum absolute atomic E-state index is 3.58. The fourth-order valence-corrected chi connectivity index (χ4v) is 3.43. The van der Waals surface area contributed by atoms with E-state index < -0.39 is 0 Å². The fourth-order valence-electron chi connectivity index (χ4n) is 2.67. The summed E-state index contributed by atoms with van der Waals surface area (Å²) >= 11 is 5.94. The molecule has 3 heteroatoms. The molecule has 0 radical (unpaired) electrons. The minimum Gasteiger partial charge on any atom is -0.315 e. The van der Waals surface area contributed by atoms with Crippen molar-refractivity contribution in [2.24, 2.45) is 0 Å². The predicted octanol–water partition coefficient (Wildman–Crippen LogP) is 4.14. The Morgan fingerprint density at radius 1 is 1.11 bits per heavy atom. The van der Waals surface area contributed by atoms with Crippen molar-refractivity contribution in [1.82, 2.24) is 5.32 Å². The molecule has 2 aromatic carbocycles. The molecule has 1 fully saturated rings. The Hall–Kier alpha value is -0.390. The third-order valence-corrected chi connectivity index (χ3v) is 5.03.